The maximum atomic E-state index is 12.3. The summed E-state index contributed by atoms with van der Waals surface area (Å²) in [5, 5.41) is 0. The van der Waals surface area contributed by atoms with Gasteiger partial charge in [-0.2, -0.15) is 0 Å². The summed E-state index contributed by atoms with van der Waals surface area (Å²) in [7, 11) is 0. The van der Waals surface area contributed by atoms with Gasteiger partial charge >= 0.3 is 5.97 Å². The Morgan fingerprint density at radius 2 is 1.59 bits per heavy atom. The van der Waals surface area contributed by atoms with Gasteiger partial charge in [0.2, 0.25) is 0 Å². The Morgan fingerprint density at radius 3 is 2.14 bits per heavy atom. The lowest BCUT2D eigenvalue weighted by molar-refractivity contribution is -0.165. The number of esters is 1. The monoisotopic (exact) mass is 314 g/mol. The first-order chi connectivity index (χ1) is 10.1. The Balaban J connectivity index is 1.93. The molecule has 2 heterocycles. The van der Waals surface area contributed by atoms with Crippen molar-refractivity contribution in [2.24, 2.45) is 5.41 Å². The van der Waals surface area contributed by atoms with E-state index in [-0.39, 0.29) is 36.0 Å². The number of fused-ring (bicyclic) bond motifs is 1. The molecule has 0 saturated carbocycles. The smallest absolute Gasteiger partial charge is 0.311 e. The summed E-state index contributed by atoms with van der Waals surface area (Å²) in [6, 6.07) is 0. The van der Waals surface area contributed by atoms with Gasteiger partial charge in [0, 0.05) is 0 Å². The second-order valence-corrected chi connectivity index (χ2v) is 7.94. The van der Waals surface area contributed by atoms with E-state index in [0.29, 0.717) is 13.2 Å². The van der Waals surface area contributed by atoms with Crippen molar-refractivity contribution in [3.63, 3.8) is 0 Å². The van der Waals surface area contributed by atoms with Crippen LogP contribution in [-0.4, -0.2) is 49.2 Å². The molecule has 0 aromatic carbocycles. The Morgan fingerprint density at radius 1 is 1.05 bits per heavy atom. The van der Waals surface area contributed by atoms with Crippen molar-refractivity contribution in [2.45, 2.75) is 84.4 Å². The second kappa shape index (κ2) is 6.46. The topological polar surface area (TPSA) is 54.0 Å². The van der Waals surface area contributed by atoms with E-state index in [1.807, 2.05) is 34.6 Å². The SMILES string of the molecule is CCCC(C)(C)C(=O)OC1CO[C@@H]2C(OC(C)(C)C)CO[C@H]12. The average molecular weight is 314 g/mol. The number of ether oxygens (including phenoxy) is 4. The van der Waals surface area contributed by atoms with Crippen LogP contribution in [0, 0.1) is 5.41 Å². The van der Waals surface area contributed by atoms with E-state index in [2.05, 4.69) is 6.92 Å². The molecule has 128 valence electrons. The number of rotatable bonds is 5. The molecule has 5 nitrogen and oxygen atoms in total. The van der Waals surface area contributed by atoms with Gasteiger partial charge in [-0.15, -0.1) is 0 Å². The van der Waals surface area contributed by atoms with Crippen molar-refractivity contribution in [3.8, 4) is 0 Å². The quantitative estimate of drug-likeness (QED) is 0.730. The van der Waals surface area contributed by atoms with E-state index < -0.39 is 5.41 Å². The lowest BCUT2D eigenvalue weighted by atomic mass is 9.88. The van der Waals surface area contributed by atoms with Gasteiger partial charge in [0.05, 0.1) is 24.2 Å². The molecule has 0 aromatic rings. The molecule has 0 amide bonds. The highest BCUT2D eigenvalue weighted by molar-refractivity contribution is 5.76. The molecule has 0 radical (unpaired) electrons. The Labute approximate surface area is 133 Å². The van der Waals surface area contributed by atoms with E-state index >= 15 is 0 Å². The molecule has 2 aliphatic rings. The summed E-state index contributed by atoms with van der Waals surface area (Å²) in [5.41, 5.74) is -0.711. The molecule has 4 atom stereocenters. The van der Waals surface area contributed by atoms with E-state index in [1.165, 1.54) is 0 Å². The van der Waals surface area contributed by atoms with Crippen LogP contribution in [0.5, 0.6) is 0 Å². The van der Waals surface area contributed by atoms with Crippen LogP contribution in [0.25, 0.3) is 0 Å². The van der Waals surface area contributed by atoms with Crippen LogP contribution < -0.4 is 0 Å². The molecule has 0 spiro atoms. The average Bonchev–Trinajstić information content (AvgIpc) is 2.92. The molecule has 0 aromatic heterocycles. The minimum Gasteiger partial charge on any atom is -0.457 e. The number of carbonyl (C=O) groups excluding carboxylic acids is 1. The van der Waals surface area contributed by atoms with Gasteiger partial charge in [0.25, 0.3) is 0 Å². The summed E-state index contributed by atoms with van der Waals surface area (Å²) < 4.78 is 23.2. The number of carbonyl (C=O) groups is 1. The van der Waals surface area contributed by atoms with Crippen molar-refractivity contribution in [1.82, 2.24) is 0 Å². The summed E-state index contributed by atoms with van der Waals surface area (Å²) in [5.74, 6) is -0.174. The van der Waals surface area contributed by atoms with Crippen LogP contribution in [-0.2, 0) is 23.7 Å². The molecule has 0 N–H and O–H groups in total. The molecule has 5 heteroatoms. The first-order valence-electron chi connectivity index (χ1n) is 8.26. The van der Waals surface area contributed by atoms with Crippen molar-refractivity contribution >= 4 is 5.97 Å². The lowest BCUT2D eigenvalue weighted by Gasteiger charge is -2.26. The van der Waals surface area contributed by atoms with Crippen molar-refractivity contribution in [2.75, 3.05) is 13.2 Å². The largest absolute Gasteiger partial charge is 0.457 e. The fourth-order valence-corrected chi connectivity index (χ4v) is 3.11. The molecule has 0 bridgehead atoms. The standard InChI is InChI=1S/C17H30O5/c1-7-8-17(5,6)15(18)21-11-9-19-14-12(10-20-13(11)14)22-16(2,3)4/h11-14H,7-10H2,1-6H3/t11?,12?,13-,14-/m1/s1. The predicted octanol–water partition coefficient (Wildman–Crippen LogP) is 2.71. The van der Waals surface area contributed by atoms with Gasteiger partial charge in [0.15, 0.2) is 6.10 Å². The normalized spacial score (nSPS) is 32.1. The molecule has 2 saturated heterocycles. The zero-order valence-corrected chi connectivity index (χ0v) is 14.7. The van der Waals surface area contributed by atoms with E-state index in [1.54, 1.807) is 0 Å². The third kappa shape index (κ3) is 4.00. The molecule has 2 unspecified atom stereocenters. The molecule has 22 heavy (non-hydrogen) atoms. The lowest BCUT2D eigenvalue weighted by Crippen LogP contribution is -2.39. The highest BCUT2D eigenvalue weighted by Gasteiger charge is 2.51. The van der Waals surface area contributed by atoms with Gasteiger partial charge in [-0.3, -0.25) is 4.79 Å². The zero-order chi connectivity index (χ0) is 16.5. The maximum Gasteiger partial charge on any atom is 0.311 e. The van der Waals surface area contributed by atoms with Crippen LogP contribution in [0.3, 0.4) is 0 Å². The number of hydrogen-bond acceptors (Lipinski definition) is 5. The van der Waals surface area contributed by atoms with E-state index in [0.717, 1.165) is 12.8 Å². The van der Waals surface area contributed by atoms with Gasteiger partial charge in [-0.1, -0.05) is 13.3 Å². The fourth-order valence-electron chi connectivity index (χ4n) is 3.11. The predicted molar refractivity (Wildman–Crippen MR) is 82.7 cm³/mol. The van der Waals surface area contributed by atoms with Crippen LogP contribution in [0.15, 0.2) is 0 Å². The molecule has 0 aliphatic carbocycles. The maximum absolute atomic E-state index is 12.3. The van der Waals surface area contributed by atoms with Gasteiger partial charge in [-0.05, 0) is 41.0 Å². The second-order valence-electron chi connectivity index (χ2n) is 7.94. The van der Waals surface area contributed by atoms with Crippen LogP contribution >= 0.6 is 0 Å². The zero-order valence-electron chi connectivity index (χ0n) is 14.7. The Kier molecular flexibility index (Phi) is 5.20. The van der Waals surface area contributed by atoms with Crippen LogP contribution in [0.1, 0.15) is 54.4 Å². The first-order valence-corrected chi connectivity index (χ1v) is 8.26. The summed E-state index contributed by atoms with van der Waals surface area (Å²) >= 11 is 0. The summed E-state index contributed by atoms with van der Waals surface area (Å²) in [6.07, 6.45) is 0.969. The molecule has 2 aliphatic heterocycles. The highest BCUT2D eigenvalue weighted by Crippen LogP contribution is 2.34. The third-order valence-corrected chi connectivity index (χ3v) is 4.15. The molecular weight excluding hydrogens is 284 g/mol. The van der Waals surface area contributed by atoms with Gasteiger partial charge in [-0.25, -0.2) is 0 Å². The molecule has 2 fully saturated rings. The van der Waals surface area contributed by atoms with Crippen molar-refractivity contribution in [1.29, 1.82) is 0 Å². The molecule has 2 rings (SSSR count). The Hall–Kier alpha value is -0.650. The number of hydrogen-bond donors (Lipinski definition) is 0. The van der Waals surface area contributed by atoms with Crippen molar-refractivity contribution in [3.05, 3.63) is 0 Å². The Bertz CT molecular complexity index is 398. The van der Waals surface area contributed by atoms with Gasteiger partial charge in [0.1, 0.15) is 18.3 Å². The van der Waals surface area contributed by atoms with Crippen LogP contribution in [0.4, 0.5) is 0 Å². The fraction of sp³-hybridized carbons (Fsp3) is 0.941. The van der Waals surface area contributed by atoms with Gasteiger partial charge < -0.3 is 18.9 Å². The van der Waals surface area contributed by atoms with E-state index in [4.69, 9.17) is 18.9 Å². The van der Waals surface area contributed by atoms with Crippen molar-refractivity contribution < 1.29 is 23.7 Å². The minimum absolute atomic E-state index is 0.0997. The first kappa shape index (κ1) is 17.7. The third-order valence-electron chi connectivity index (χ3n) is 4.15. The summed E-state index contributed by atoms with van der Waals surface area (Å²) in [6.45, 7) is 12.8. The molecular formula is C17H30O5. The summed E-state index contributed by atoms with van der Waals surface area (Å²) in [4.78, 5) is 12.3. The van der Waals surface area contributed by atoms with Crippen LogP contribution in [0.2, 0.25) is 0 Å². The minimum atomic E-state index is -0.466. The van der Waals surface area contributed by atoms with E-state index in [9.17, 15) is 4.79 Å². The highest BCUT2D eigenvalue weighted by atomic mass is 16.7.